The van der Waals surface area contributed by atoms with Crippen LogP contribution >= 0.6 is 11.3 Å². The van der Waals surface area contributed by atoms with E-state index in [1.165, 1.54) is 41.5 Å². The van der Waals surface area contributed by atoms with Crippen molar-refractivity contribution < 1.29 is 13.2 Å². The average molecular weight is 376 g/mol. The van der Waals surface area contributed by atoms with Crippen LogP contribution in [0.4, 0.5) is 19.0 Å². The second kappa shape index (κ2) is 6.68. The molecule has 0 saturated carbocycles. The number of anilines is 1. The van der Waals surface area contributed by atoms with Gasteiger partial charge < -0.3 is 0 Å². The lowest BCUT2D eigenvalue weighted by Gasteiger charge is -2.11. The van der Waals surface area contributed by atoms with E-state index in [1.54, 1.807) is 11.3 Å². The minimum atomic E-state index is -4.33. The van der Waals surface area contributed by atoms with Gasteiger partial charge in [-0.3, -0.25) is 5.43 Å². The number of aryl methyl sites for hydroxylation is 2. The largest absolute Gasteiger partial charge is 0.416 e. The molecule has 26 heavy (non-hydrogen) atoms. The quantitative estimate of drug-likeness (QED) is 0.515. The first kappa shape index (κ1) is 17.0. The average Bonchev–Trinajstić information content (AvgIpc) is 3.01. The lowest BCUT2D eigenvalue weighted by Crippen LogP contribution is -2.04. The van der Waals surface area contributed by atoms with Crippen LogP contribution < -0.4 is 5.43 Å². The van der Waals surface area contributed by atoms with Crippen LogP contribution in [0.2, 0.25) is 0 Å². The fourth-order valence-corrected chi connectivity index (χ4v) is 4.33. The highest BCUT2D eigenvalue weighted by Crippen LogP contribution is 2.38. The molecule has 0 bridgehead atoms. The van der Waals surface area contributed by atoms with Crippen molar-refractivity contribution in [1.29, 1.82) is 0 Å². The Bertz CT molecular complexity index is 961. The second-order valence-electron chi connectivity index (χ2n) is 6.10. The van der Waals surface area contributed by atoms with Crippen LogP contribution in [0.15, 0.2) is 35.7 Å². The Kier molecular flexibility index (Phi) is 4.36. The van der Waals surface area contributed by atoms with Crippen LogP contribution in [-0.2, 0) is 19.0 Å². The maximum Gasteiger partial charge on any atom is 0.416 e. The summed E-state index contributed by atoms with van der Waals surface area (Å²) in [5, 5.41) is 5.15. The fourth-order valence-electron chi connectivity index (χ4n) is 3.10. The zero-order valence-electron chi connectivity index (χ0n) is 13.7. The Hall–Kier alpha value is -2.48. The highest BCUT2D eigenvalue weighted by atomic mass is 32.1. The predicted molar refractivity (Wildman–Crippen MR) is 96.7 cm³/mol. The number of hydrogen-bond donors (Lipinski definition) is 1. The maximum absolute atomic E-state index is 12.6. The predicted octanol–water partition coefficient (Wildman–Crippen LogP) is 5.03. The zero-order chi connectivity index (χ0) is 18.1. The van der Waals surface area contributed by atoms with E-state index in [0.717, 1.165) is 41.6 Å². The van der Waals surface area contributed by atoms with Crippen molar-refractivity contribution in [3.63, 3.8) is 0 Å². The molecule has 0 spiro atoms. The molecule has 134 valence electrons. The molecule has 0 aliphatic heterocycles. The summed E-state index contributed by atoms with van der Waals surface area (Å²) in [4.78, 5) is 10.9. The van der Waals surface area contributed by atoms with Gasteiger partial charge in [-0.2, -0.15) is 18.3 Å². The van der Waals surface area contributed by atoms with E-state index >= 15 is 0 Å². The van der Waals surface area contributed by atoms with Crippen LogP contribution in [0, 0.1) is 0 Å². The van der Waals surface area contributed by atoms with Crippen molar-refractivity contribution in [1.82, 2.24) is 9.97 Å². The number of nitrogens with zero attached hydrogens (tertiary/aromatic N) is 3. The molecule has 0 atom stereocenters. The fraction of sp³-hybridized carbons (Fsp3) is 0.278. The smallest absolute Gasteiger partial charge is 0.261 e. The van der Waals surface area contributed by atoms with Crippen molar-refractivity contribution in [2.75, 3.05) is 5.43 Å². The molecule has 4 rings (SSSR count). The molecule has 1 N–H and O–H groups in total. The number of fused-ring (bicyclic) bond motifs is 3. The molecular formula is C18H15F3N4S. The summed E-state index contributed by atoms with van der Waals surface area (Å²) < 4.78 is 37.8. The minimum Gasteiger partial charge on any atom is -0.261 e. The third-order valence-electron chi connectivity index (χ3n) is 4.37. The van der Waals surface area contributed by atoms with Crippen LogP contribution in [0.1, 0.15) is 34.4 Å². The number of hydrogen-bond acceptors (Lipinski definition) is 5. The Morgan fingerprint density at radius 2 is 1.85 bits per heavy atom. The number of alkyl halides is 3. The van der Waals surface area contributed by atoms with Gasteiger partial charge in [0, 0.05) is 4.88 Å². The number of halogens is 3. The molecule has 0 saturated heterocycles. The number of aromatic nitrogens is 2. The van der Waals surface area contributed by atoms with Gasteiger partial charge in [-0.15, -0.1) is 11.3 Å². The van der Waals surface area contributed by atoms with E-state index in [9.17, 15) is 13.2 Å². The Balaban J connectivity index is 1.56. The lowest BCUT2D eigenvalue weighted by atomic mass is 9.97. The summed E-state index contributed by atoms with van der Waals surface area (Å²) in [5.41, 5.74) is 4.11. The number of hydrazone groups is 1. The molecule has 1 aromatic carbocycles. The van der Waals surface area contributed by atoms with Gasteiger partial charge in [0.05, 0.1) is 17.2 Å². The lowest BCUT2D eigenvalue weighted by molar-refractivity contribution is -0.137. The van der Waals surface area contributed by atoms with E-state index < -0.39 is 11.7 Å². The van der Waals surface area contributed by atoms with Crippen LogP contribution in [0.25, 0.3) is 10.2 Å². The summed E-state index contributed by atoms with van der Waals surface area (Å²) in [7, 11) is 0. The van der Waals surface area contributed by atoms with Crippen molar-refractivity contribution in [3.05, 3.63) is 52.2 Å². The molecule has 0 fully saturated rings. The van der Waals surface area contributed by atoms with E-state index in [-0.39, 0.29) is 0 Å². The molecule has 0 amide bonds. The van der Waals surface area contributed by atoms with Gasteiger partial charge in [-0.25, -0.2) is 9.97 Å². The summed E-state index contributed by atoms with van der Waals surface area (Å²) >= 11 is 1.70. The van der Waals surface area contributed by atoms with Gasteiger partial charge in [0.15, 0.2) is 5.82 Å². The molecule has 3 aromatic rings. The molecule has 1 aliphatic rings. The van der Waals surface area contributed by atoms with Gasteiger partial charge >= 0.3 is 6.18 Å². The van der Waals surface area contributed by atoms with Gasteiger partial charge in [0.25, 0.3) is 0 Å². The summed E-state index contributed by atoms with van der Waals surface area (Å²) in [6.45, 7) is 0. The van der Waals surface area contributed by atoms with Crippen LogP contribution in [0.5, 0.6) is 0 Å². The van der Waals surface area contributed by atoms with E-state index in [0.29, 0.717) is 11.4 Å². The van der Waals surface area contributed by atoms with Gasteiger partial charge in [0.1, 0.15) is 11.2 Å². The van der Waals surface area contributed by atoms with Gasteiger partial charge in [-0.1, -0.05) is 12.1 Å². The maximum atomic E-state index is 12.6. The number of nitrogens with one attached hydrogen (secondary N) is 1. The number of rotatable bonds is 3. The molecule has 2 aromatic heterocycles. The van der Waals surface area contributed by atoms with Crippen LogP contribution in [0.3, 0.4) is 0 Å². The van der Waals surface area contributed by atoms with E-state index in [4.69, 9.17) is 0 Å². The third kappa shape index (κ3) is 3.29. The number of benzene rings is 1. The SMILES string of the molecule is FC(F)(F)c1ccc(/C=N\Nc2ncnc3sc4c(c23)CCCC4)cc1. The zero-order valence-corrected chi connectivity index (χ0v) is 14.5. The van der Waals surface area contributed by atoms with Crippen LogP contribution in [-0.4, -0.2) is 16.2 Å². The first-order chi connectivity index (χ1) is 12.5. The summed E-state index contributed by atoms with van der Waals surface area (Å²) in [6, 6.07) is 4.85. The van der Waals surface area contributed by atoms with Gasteiger partial charge in [-0.05, 0) is 48.9 Å². The van der Waals surface area contributed by atoms with Crippen molar-refractivity contribution >= 4 is 33.6 Å². The minimum absolute atomic E-state index is 0.572. The molecule has 8 heteroatoms. The molecular weight excluding hydrogens is 361 g/mol. The van der Waals surface area contributed by atoms with Crippen molar-refractivity contribution in [2.24, 2.45) is 5.10 Å². The first-order valence-electron chi connectivity index (χ1n) is 8.24. The molecule has 4 nitrogen and oxygen atoms in total. The highest BCUT2D eigenvalue weighted by Gasteiger charge is 2.29. The third-order valence-corrected chi connectivity index (χ3v) is 5.57. The first-order valence-corrected chi connectivity index (χ1v) is 9.05. The standard InChI is InChI=1S/C18H15F3N4S/c19-18(20,21)12-7-5-11(6-8-12)9-24-25-16-15-13-3-1-2-4-14(13)26-17(15)23-10-22-16/h5-10H,1-4H2,(H,22,23,25)/b24-9-. The Morgan fingerprint density at radius 3 is 2.62 bits per heavy atom. The van der Waals surface area contributed by atoms with Gasteiger partial charge in [0.2, 0.25) is 0 Å². The van der Waals surface area contributed by atoms with E-state index in [1.807, 2.05) is 0 Å². The monoisotopic (exact) mass is 376 g/mol. The van der Waals surface area contributed by atoms with E-state index in [2.05, 4.69) is 20.5 Å². The molecule has 0 unspecified atom stereocenters. The molecule has 1 aliphatic carbocycles. The Morgan fingerprint density at radius 1 is 1.08 bits per heavy atom. The van der Waals surface area contributed by atoms with Crippen molar-refractivity contribution in [2.45, 2.75) is 31.9 Å². The topological polar surface area (TPSA) is 50.2 Å². The molecule has 0 radical (unpaired) electrons. The Labute approximate surface area is 151 Å². The summed E-state index contributed by atoms with van der Waals surface area (Å²) in [5.74, 6) is 0.637. The molecule has 2 heterocycles. The number of thiophene rings is 1. The normalized spacial score (nSPS) is 14.7. The highest BCUT2D eigenvalue weighted by molar-refractivity contribution is 7.19. The summed E-state index contributed by atoms with van der Waals surface area (Å²) in [6.07, 6.45) is 3.08. The second-order valence-corrected chi connectivity index (χ2v) is 7.19. The van der Waals surface area contributed by atoms with Crippen molar-refractivity contribution in [3.8, 4) is 0 Å².